The summed E-state index contributed by atoms with van der Waals surface area (Å²) in [5.74, 6) is -0.798. The maximum atomic E-state index is 12.9. The first kappa shape index (κ1) is 21.8. The highest BCUT2D eigenvalue weighted by atomic mass is 79.9. The molecule has 2 N–H and O–H groups in total. The predicted octanol–water partition coefficient (Wildman–Crippen LogP) is 2.88. The van der Waals surface area contributed by atoms with E-state index < -0.39 is 5.91 Å². The van der Waals surface area contributed by atoms with Gasteiger partial charge in [-0.05, 0) is 36.2 Å². The molecule has 8 heteroatoms. The molecular weight excluding hydrogens is 448 g/mol. The number of imidazole rings is 1. The molecule has 3 rings (SSSR count). The van der Waals surface area contributed by atoms with E-state index >= 15 is 0 Å². The van der Waals surface area contributed by atoms with E-state index in [1.165, 1.54) is 4.90 Å². The zero-order valence-electron chi connectivity index (χ0n) is 16.9. The maximum Gasteiger partial charge on any atom is 0.329 e. The summed E-state index contributed by atoms with van der Waals surface area (Å²) >= 11 is 3.38. The second-order valence-corrected chi connectivity index (χ2v) is 8.08. The number of carbonyl (C=O) groups excluding carboxylic acids is 2. The van der Waals surface area contributed by atoms with Gasteiger partial charge in [-0.25, -0.2) is 4.79 Å². The quantitative estimate of drug-likeness (QED) is 0.518. The first-order valence-electron chi connectivity index (χ1n) is 9.89. The number of nitrogens with zero attached hydrogens (tertiary/aromatic N) is 3. The second kappa shape index (κ2) is 9.75. The molecule has 0 saturated carbocycles. The number of hydrogen-bond acceptors (Lipinski definition) is 3. The molecule has 0 radical (unpaired) electrons. The number of primary amides is 1. The zero-order valence-corrected chi connectivity index (χ0v) is 18.5. The van der Waals surface area contributed by atoms with Crippen molar-refractivity contribution in [2.45, 2.75) is 39.4 Å². The standard InChI is InChI=1S/C22H25BrN4O3/c1-2-12-26-18-5-3-4-6-19(18)27(22(26)30)13-11-21(29)25(15-20(24)28)14-16-7-9-17(23)10-8-16/h3-10H,2,11-15H2,1H3,(H2,24,28). The number of benzene rings is 2. The van der Waals surface area contributed by atoms with Crippen LogP contribution in [0.4, 0.5) is 0 Å². The predicted molar refractivity (Wildman–Crippen MR) is 120 cm³/mol. The summed E-state index contributed by atoms with van der Waals surface area (Å²) in [6.07, 6.45) is 0.941. The van der Waals surface area contributed by atoms with Crippen molar-refractivity contribution in [3.05, 3.63) is 69.1 Å². The maximum absolute atomic E-state index is 12.9. The molecule has 2 amide bonds. The van der Waals surface area contributed by atoms with Gasteiger partial charge < -0.3 is 10.6 Å². The number of fused-ring (bicyclic) bond motifs is 1. The smallest absolute Gasteiger partial charge is 0.329 e. The summed E-state index contributed by atoms with van der Waals surface area (Å²) < 4.78 is 4.30. The molecule has 158 valence electrons. The number of rotatable bonds is 9. The van der Waals surface area contributed by atoms with Gasteiger partial charge in [-0.3, -0.25) is 18.7 Å². The number of hydrogen-bond donors (Lipinski definition) is 1. The Morgan fingerprint density at radius 2 is 1.60 bits per heavy atom. The Balaban J connectivity index is 1.79. The summed E-state index contributed by atoms with van der Waals surface area (Å²) in [6.45, 7) is 3.00. The monoisotopic (exact) mass is 472 g/mol. The largest absolute Gasteiger partial charge is 0.368 e. The van der Waals surface area contributed by atoms with E-state index in [-0.39, 0.29) is 37.7 Å². The van der Waals surface area contributed by atoms with Crippen molar-refractivity contribution in [3.8, 4) is 0 Å². The van der Waals surface area contributed by atoms with Gasteiger partial charge in [0.05, 0.1) is 17.6 Å². The van der Waals surface area contributed by atoms with Crippen LogP contribution >= 0.6 is 15.9 Å². The van der Waals surface area contributed by atoms with E-state index in [4.69, 9.17) is 5.73 Å². The fourth-order valence-corrected chi connectivity index (χ4v) is 3.79. The van der Waals surface area contributed by atoms with Crippen molar-refractivity contribution >= 4 is 38.8 Å². The van der Waals surface area contributed by atoms with Gasteiger partial charge in [-0.15, -0.1) is 0 Å². The molecule has 0 aliphatic rings. The van der Waals surface area contributed by atoms with Crippen LogP contribution in [0.15, 0.2) is 57.8 Å². The Morgan fingerprint density at radius 1 is 1.00 bits per heavy atom. The minimum atomic E-state index is -0.572. The van der Waals surface area contributed by atoms with Crippen molar-refractivity contribution in [2.75, 3.05) is 6.54 Å². The summed E-state index contributed by atoms with van der Waals surface area (Å²) in [7, 11) is 0. The molecule has 2 aromatic carbocycles. The lowest BCUT2D eigenvalue weighted by molar-refractivity contribution is -0.136. The van der Waals surface area contributed by atoms with Crippen LogP contribution in [0.25, 0.3) is 11.0 Å². The van der Waals surface area contributed by atoms with Gasteiger partial charge in [-0.2, -0.15) is 0 Å². The molecule has 0 aliphatic carbocycles. The molecule has 0 aliphatic heterocycles. The number of halogens is 1. The molecule has 7 nitrogen and oxygen atoms in total. The van der Waals surface area contributed by atoms with Crippen LogP contribution in [-0.4, -0.2) is 32.4 Å². The van der Waals surface area contributed by atoms with Crippen molar-refractivity contribution in [2.24, 2.45) is 5.73 Å². The number of aromatic nitrogens is 2. The van der Waals surface area contributed by atoms with Crippen LogP contribution in [0.1, 0.15) is 25.3 Å². The number of nitrogens with two attached hydrogens (primary N) is 1. The topological polar surface area (TPSA) is 90.3 Å². The Morgan fingerprint density at radius 3 is 2.17 bits per heavy atom. The van der Waals surface area contributed by atoms with Gasteiger partial charge in [-0.1, -0.05) is 47.1 Å². The van der Waals surface area contributed by atoms with E-state index in [0.717, 1.165) is 27.5 Å². The highest BCUT2D eigenvalue weighted by Gasteiger charge is 2.18. The summed E-state index contributed by atoms with van der Waals surface area (Å²) in [5, 5.41) is 0. The first-order chi connectivity index (χ1) is 14.4. The van der Waals surface area contributed by atoms with Crippen LogP contribution in [0.3, 0.4) is 0 Å². The lowest BCUT2D eigenvalue weighted by Gasteiger charge is -2.21. The minimum Gasteiger partial charge on any atom is -0.368 e. The van der Waals surface area contributed by atoms with E-state index in [2.05, 4.69) is 15.9 Å². The third-order valence-electron chi connectivity index (χ3n) is 4.91. The Labute approximate surface area is 183 Å². The van der Waals surface area contributed by atoms with Crippen molar-refractivity contribution < 1.29 is 9.59 Å². The zero-order chi connectivity index (χ0) is 21.7. The lowest BCUT2D eigenvalue weighted by Crippen LogP contribution is -2.38. The average Bonchev–Trinajstić information content (AvgIpc) is 2.98. The normalized spacial score (nSPS) is 11.0. The Hall–Kier alpha value is -2.87. The number of amides is 2. The van der Waals surface area contributed by atoms with Crippen LogP contribution in [0.2, 0.25) is 0 Å². The van der Waals surface area contributed by atoms with Gasteiger partial charge in [0, 0.05) is 30.5 Å². The van der Waals surface area contributed by atoms with Crippen molar-refractivity contribution in [1.29, 1.82) is 0 Å². The van der Waals surface area contributed by atoms with E-state index in [9.17, 15) is 14.4 Å². The molecule has 0 saturated heterocycles. The number of carbonyl (C=O) groups is 2. The summed E-state index contributed by atoms with van der Waals surface area (Å²) in [6, 6.07) is 15.1. The molecule has 1 aromatic heterocycles. The van der Waals surface area contributed by atoms with E-state index in [1.807, 2.05) is 55.5 Å². The van der Waals surface area contributed by atoms with Gasteiger partial charge in [0.15, 0.2) is 0 Å². The van der Waals surface area contributed by atoms with Crippen molar-refractivity contribution in [1.82, 2.24) is 14.0 Å². The van der Waals surface area contributed by atoms with Gasteiger partial charge in [0.25, 0.3) is 0 Å². The van der Waals surface area contributed by atoms with Gasteiger partial charge in [0.1, 0.15) is 0 Å². The Bertz CT molecular complexity index is 1100. The Kier molecular flexibility index (Phi) is 7.10. The molecule has 0 spiro atoms. The van der Waals surface area contributed by atoms with Gasteiger partial charge >= 0.3 is 5.69 Å². The molecule has 0 fully saturated rings. The lowest BCUT2D eigenvalue weighted by atomic mass is 10.2. The molecular formula is C22H25BrN4O3. The highest BCUT2D eigenvalue weighted by molar-refractivity contribution is 9.10. The van der Waals surface area contributed by atoms with Crippen LogP contribution in [-0.2, 0) is 29.2 Å². The third kappa shape index (κ3) is 4.99. The van der Waals surface area contributed by atoms with Crippen molar-refractivity contribution in [3.63, 3.8) is 0 Å². The molecule has 0 unspecified atom stereocenters. The molecule has 0 bridgehead atoms. The van der Waals surface area contributed by atoms with Crippen LogP contribution in [0.5, 0.6) is 0 Å². The third-order valence-corrected chi connectivity index (χ3v) is 5.44. The minimum absolute atomic E-state index is 0.101. The molecule has 3 aromatic rings. The first-order valence-corrected chi connectivity index (χ1v) is 10.7. The average molecular weight is 473 g/mol. The second-order valence-electron chi connectivity index (χ2n) is 7.17. The van der Waals surface area contributed by atoms with Crippen LogP contribution in [0, 0.1) is 0 Å². The molecule has 1 heterocycles. The summed E-state index contributed by atoms with van der Waals surface area (Å²) in [4.78, 5) is 38.7. The number of para-hydroxylation sites is 2. The fourth-order valence-electron chi connectivity index (χ4n) is 3.52. The summed E-state index contributed by atoms with van der Waals surface area (Å²) in [5.41, 5.74) is 7.79. The number of aryl methyl sites for hydroxylation is 2. The van der Waals surface area contributed by atoms with Gasteiger partial charge in [0.2, 0.25) is 11.8 Å². The van der Waals surface area contributed by atoms with E-state index in [1.54, 1.807) is 9.13 Å². The fraction of sp³-hybridized carbons (Fsp3) is 0.318. The molecule has 30 heavy (non-hydrogen) atoms. The highest BCUT2D eigenvalue weighted by Crippen LogP contribution is 2.15. The van der Waals surface area contributed by atoms with Crippen LogP contribution < -0.4 is 11.4 Å². The SMILES string of the molecule is CCCn1c(=O)n(CCC(=O)N(CC(N)=O)Cc2ccc(Br)cc2)c2ccccc21. The molecule has 0 atom stereocenters. The van der Waals surface area contributed by atoms with E-state index in [0.29, 0.717) is 6.54 Å².